The highest BCUT2D eigenvalue weighted by atomic mass is 16.6. The molecule has 2 aromatic rings. The van der Waals surface area contributed by atoms with Gasteiger partial charge < -0.3 is 9.73 Å². The second kappa shape index (κ2) is 4.77. The van der Waals surface area contributed by atoms with Gasteiger partial charge in [0.2, 0.25) is 11.8 Å². The van der Waals surface area contributed by atoms with Gasteiger partial charge in [0.1, 0.15) is 0 Å². The second-order valence-electron chi connectivity index (χ2n) is 4.46. The molecule has 1 aromatic carbocycles. The quantitative estimate of drug-likeness (QED) is 0.651. The van der Waals surface area contributed by atoms with Crippen molar-refractivity contribution in [3.8, 4) is 11.5 Å². The Bertz CT molecular complexity index is 589. The molecule has 0 spiro atoms. The average molecular weight is 260 g/mol. The van der Waals surface area contributed by atoms with Crippen molar-refractivity contribution in [2.75, 3.05) is 0 Å². The first-order valence-corrected chi connectivity index (χ1v) is 6.03. The van der Waals surface area contributed by atoms with E-state index in [2.05, 4.69) is 15.5 Å². The van der Waals surface area contributed by atoms with Crippen molar-refractivity contribution in [1.29, 1.82) is 0 Å². The number of nitro groups is 1. The molecule has 19 heavy (non-hydrogen) atoms. The van der Waals surface area contributed by atoms with E-state index in [0.717, 1.165) is 0 Å². The molecule has 1 aliphatic rings. The number of nitro benzene ring substituents is 1. The van der Waals surface area contributed by atoms with Gasteiger partial charge in [-0.2, -0.15) is 0 Å². The van der Waals surface area contributed by atoms with Gasteiger partial charge in [-0.1, -0.05) is 0 Å². The molecule has 7 nitrogen and oxygen atoms in total. The van der Waals surface area contributed by atoms with Crippen LogP contribution in [0.4, 0.5) is 5.69 Å². The molecule has 1 saturated carbocycles. The molecule has 1 heterocycles. The molecule has 0 bridgehead atoms. The zero-order valence-electron chi connectivity index (χ0n) is 10.1. The molecule has 1 aliphatic carbocycles. The Morgan fingerprint density at radius 1 is 1.32 bits per heavy atom. The largest absolute Gasteiger partial charge is 0.419 e. The lowest BCUT2D eigenvalue weighted by Gasteiger charge is -1.96. The van der Waals surface area contributed by atoms with Gasteiger partial charge in [-0.3, -0.25) is 10.1 Å². The van der Waals surface area contributed by atoms with Gasteiger partial charge in [0, 0.05) is 23.7 Å². The molecule has 0 amide bonds. The number of benzene rings is 1. The van der Waals surface area contributed by atoms with E-state index < -0.39 is 4.92 Å². The number of hydrogen-bond donors (Lipinski definition) is 1. The third-order valence-electron chi connectivity index (χ3n) is 2.91. The van der Waals surface area contributed by atoms with E-state index in [1.54, 1.807) is 12.1 Å². The van der Waals surface area contributed by atoms with Crippen LogP contribution in [0.2, 0.25) is 0 Å². The van der Waals surface area contributed by atoms with Gasteiger partial charge in [0.15, 0.2) is 0 Å². The number of nitrogens with zero attached hydrogens (tertiary/aromatic N) is 3. The van der Waals surface area contributed by atoms with E-state index in [0.29, 0.717) is 29.9 Å². The average Bonchev–Trinajstić information content (AvgIpc) is 3.13. The fourth-order valence-corrected chi connectivity index (χ4v) is 1.69. The van der Waals surface area contributed by atoms with Crippen LogP contribution in [0.1, 0.15) is 18.7 Å². The highest BCUT2D eigenvalue weighted by Crippen LogP contribution is 2.22. The predicted octanol–water partition coefficient (Wildman–Crippen LogP) is 1.90. The Balaban J connectivity index is 1.71. The maximum absolute atomic E-state index is 10.6. The lowest BCUT2D eigenvalue weighted by atomic mass is 10.2. The molecule has 7 heteroatoms. The number of rotatable bonds is 5. The fourth-order valence-electron chi connectivity index (χ4n) is 1.69. The molecule has 1 aromatic heterocycles. The summed E-state index contributed by atoms with van der Waals surface area (Å²) in [6, 6.07) is 6.62. The van der Waals surface area contributed by atoms with Crippen molar-refractivity contribution in [2.45, 2.75) is 25.4 Å². The van der Waals surface area contributed by atoms with Crippen molar-refractivity contribution < 1.29 is 9.34 Å². The zero-order valence-corrected chi connectivity index (χ0v) is 10.1. The van der Waals surface area contributed by atoms with Crippen LogP contribution in [0.15, 0.2) is 28.7 Å². The lowest BCUT2D eigenvalue weighted by molar-refractivity contribution is -0.384. The monoisotopic (exact) mass is 260 g/mol. The minimum absolute atomic E-state index is 0.0406. The van der Waals surface area contributed by atoms with Crippen molar-refractivity contribution in [3.05, 3.63) is 40.3 Å². The smallest absolute Gasteiger partial charge is 0.269 e. The first kappa shape index (κ1) is 11.8. The Morgan fingerprint density at radius 2 is 2.05 bits per heavy atom. The van der Waals surface area contributed by atoms with E-state index in [1.807, 2.05) is 0 Å². The van der Waals surface area contributed by atoms with Crippen LogP contribution in [0.5, 0.6) is 0 Å². The van der Waals surface area contributed by atoms with Crippen LogP contribution in [0.3, 0.4) is 0 Å². The van der Waals surface area contributed by atoms with E-state index in [9.17, 15) is 10.1 Å². The predicted molar refractivity (Wildman–Crippen MR) is 66.3 cm³/mol. The Hall–Kier alpha value is -2.28. The molecular formula is C12H12N4O3. The molecular weight excluding hydrogens is 248 g/mol. The van der Waals surface area contributed by atoms with Gasteiger partial charge in [-0.15, -0.1) is 10.2 Å². The summed E-state index contributed by atoms with van der Waals surface area (Å²) < 4.78 is 5.49. The Kier molecular flexibility index (Phi) is 2.96. The SMILES string of the molecule is O=[N+]([O-])c1ccc(-c2nnc(CNC3CC3)o2)cc1. The summed E-state index contributed by atoms with van der Waals surface area (Å²) in [6.45, 7) is 0.560. The van der Waals surface area contributed by atoms with Gasteiger partial charge in [0.05, 0.1) is 11.5 Å². The van der Waals surface area contributed by atoms with E-state index in [1.165, 1.54) is 25.0 Å². The molecule has 0 atom stereocenters. The zero-order chi connectivity index (χ0) is 13.2. The molecule has 1 N–H and O–H groups in total. The summed E-state index contributed by atoms with van der Waals surface area (Å²) in [7, 11) is 0. The maximum atomic E-state index is 10.6. The number of non-ortho nitro benzene ring substituents is 1. The van der Waals surface area contributed by atoms with Gasteiger partial charge >= 0.3 is 0 Å². The minimum Gasteiger partial charge on any atom is -0.419 e. The normalized spacial score (nSPS) is 14.5. The standard InChI is InChI=1S/C12H12N4O3/c17-16(18)10-5-1-8(2-6-10)12-15-14-11(19-12)7-13-9-3-4-9/h1-2,5-6,9,13H,3-4,7H2. The highest BCUT2D eigenvalue weighted by molar-refractivity contribution is 5.55. The van der Waals surface area contributed by atoms with Crippen LogP contribution in [-0.2, 0) is 6.54 Å². The summed E-state index contributed by atoms with van der Waals surface area (Å²) in [5, 5.41) is 21.7. The molecule has 0 saturated heterocycles. The molecule has 0 unspecified atom stereocenters. The van der Waals surface area contributed by atoms with Crippen molar-refractivity contribution in [1.82, 2.24) is 15.5 Å². The highest BCUT2D eigenvalue weighted by Gasteiger charge is 2.21. The Morgan fingerprint density at radius 3 is 2.68 bits per heavy atom. The molecule has 0 aliphatic heterocycles. The fraction of sp³-hybridized carbons (Fsp3) is 0.333. The minimum atomic E-state index is -0.442. The van der Waals surface area contributed by atoms with Gasteiger partial charge in [-0.25, -0.2) is 0 Å². The molecule has 0 radical (unpaired) electrons. The topological polar surface area (TPSA) is 94.1 Å². The summed E-state index contributed by atoms with van der Waals surface area (Å²) in [5.41, 5.74) is 0.717. The van der Waals surface area contributed by atoms with Crippen LogP contribution < -0.4 is 5.32 Å². The first-order chi connectivity index (χ1) is 9.22. The summed E-state index contributed by atoms with van der Waals surface area (Å²) in [5.74, 6) is 0.905. The van der Waals surface area contributed by atoms with Crippen molar-refractivity contribution in [3.63, 3.8) is 0 Å². The second-order valence-corrected chi connectivity index (χ2v) is 4.46. The van der Waals surface area contributed by atoms with Crippen LogP contribution in [0, 0.1) is 10.1 Å². The summed E-state index contributed by atoms with van der Waals surface area (Å²) in [6.07, 6.45) is 2.40. The van der Waals surface area contributed by atoms with E-state index in [4.69, 9.17) is 4.42 Å². The maximum Gasteiger partial charge on any atom is 0.269 e. The van der Waals surface area contributed by atoms with Crippen LogP contribution >= 0.6 is 0 Å². The number of hydrogen-bond acceptors (Lipinski definition) is 6. The number of aromatic nitrogens is 2. The van der Waals surface area contributed by atoms with E-state index >= 15 is 0 Å². The van der Waals surface area contributed by atoms with E-state index in [-0.39, 0.29) is 5.69 Å². The van der Waals surface area contributed by atoms with Crippen LogP contribution in [-0.4, -0.2) is 21.2 Å². The van der Waals surface area contributed by atoms with Crippen molar-refractivity contribution in [2.24, 2.45) is 0 Å². The first-order valence-electron chi connectivity index (χ1n) is 6.03. The molecule has 98 valence electrons. The third kappa shape index (κ3) is 2.76. The van der Waals surface area contributed by atoms with Gasteiger partial charge in [-0.05, 0) is 25.0 Å². The summed E-state index contributed by atoms with van der Waals surface area (Å²) in [4.78, 5) is 10.1. The summed E-state index contributed by atoms with van der Waals surface area (Å²) >= 11 is 0. The number of nitrogens with one attached hydrogen (secondary N) is 1. The lowest BCUT2D eigenvalue weighted by Crippen LogP contribution is -2.15. The van der Waals surface area contributed by atoms with Crippen molar-refractivity contribution >= 4 is 5.69 Å². The van der Waals surface area contributed by atoms with Crippen LogP contribution in [0.25, 0.3) is 11.5 Å². The van der Waals surface area contributed by atoms with Gasteiger partial charge in [0.25, 0.3) is 5.69 Å². The third-order valence-corrected chi connectivity index (χ3v) is 2.91. The molecule has 3 rings (SSSR count). The molecule has 1 fully saturated rings. The Labute approximate surface area is 108 Å².